The predicted molar refractivity (Wildman–Crippen MR) is 71.0 cm³/mol. The summed E-state index contributed by atoms with van der Waals surface area (Å²) < 4.78 is 11.0. The van der Waals surface area contributed by atoms with E-state index >= 15 is 0 Å². The first-order chi connectivity index (χ1) is 9.14. The van der Waals surface area contributed by atoms with Crippen molar-refractivity contribution in [1.82, 2.24) is 4.90 Å². The maximum absolute atomic E-state index is 12.2. The van der Waals surface area contributed by atoms with E-state index in [9.17, 15) is 4.79 Å². The van der Waals surface area contributed by atoms with Crippen LogP contribution in [0.2, 0.25) is 0 Å². The van der Waals surface area contributed by atoms with Gasteiger partial charge in [0.05, 0.1) is 12.3 Å². The molecule has 2 aliphatic rings. The Bertz CT molecular complexity index is 451. The van der Waals surface area contributed by atoms with Crippen LogP contribution in [0.25, 0.3) is 0 Å². The molecule has 2 unspecified atom stereocenters. The monoisotopic (exact) mass is 283 g/mol. The van der Waals surface area contributed by atoms with Crippen molar-refractivity contribution in [2.45, 2.75) is 31.2 Å². The molecule has 19 heavy (non-hydrogen) atoms. The van der Waals surface area contributed by atoms with Gasteiger partial charge in [-0.1, -0.05) is 0 Å². The van der Waals surface area contributed by atoms with Crippen molar-refractivity contribution in [2.24, 2.45) is 5.41 Å². The second-order valence-corrected chi connectivity index (χ2v) is 6.13. The minimum Gasteiger partial charge on any atom is -0.467 e. The molecule has 104 valence electrons. The van der Waals surface area contributed by atoms with E-state index < -0.39 is 5.38 Å². The second kappa shape index (κ2) is 4.84. The van der Waals surface area contributed by atoms with Gasteiger partial charge in [-0.2, -0.15) is 0 Å². The van der Waals surface area contributed by atoms with Crippen LogP contribution >= 0.6 is 11.6 Å². The normalized spacial score (nSPS) is 27.1. The lowest BCUT2D eigenvalue weighted by Crippen LogP contribution is -2.63. The van der Waals surface area contributed by atoms with Crippen LogP contribution in [0.1, 0.15) is 31.6 Å². The molecule has 0 saturated carbocycles. The Kier molecular flexibility index (Phi) is 3.31. The van der Waals surface area contributed by atoms with Gasteiger partial charge in [0.1, 0.15) is 11.1 Å². The Labute approximate surface area is 117 Å². The number of hydrogen-bond donors (Lipinski definition) is 0. The highest BCUT2D eigenvalue weighted by molar-refractivity contribution is 6.30. The molecule has 0 aromatic carbocycles. The van der Waals surface area contributed by atoms with Crippen LogP contribution in [0.5, 0.6) is 0 Å². The standard InChI is InChI=1S/C14H18ClNO3/c1-10(15)13(17)16-9-14(4-7-18-8-5-14)12(16)11-3-2-6-19-11/h2-3,6,10,12H,4-5,7-9H2,1H3. The molecule has 0 radical (unpaired) electrons. The third kappa shape index (κ3) is 2.07. The quantitative estimate of drug-likeness (QED) is 0.784. The summed E-state index contributed by atoms with van der Waals surface area (Å²) in [7, 11) is 0. The molecule has 0 bridgehead atoms. The summed E-state index contributed by atoms with van der Waals surface area (Å²) in [6.45, 7) is 4.00. The molecule has 2 atom stereocenters. The van der Waals surface area contributed by atoms with E-state index in [0.29, 0.717) is 0 Å². The SMILES string of the molecule is CC(Cl)C(=O)N1CC2(CCOCC2)C1c1ccco1. The smallest absolute Gasteiger partial charge is 0.241 e. The Morgan fingerprint density at radius 1 is 1.53 bits per heavy atom. The van der Waals surface area contributed by atoms with E-state index in [0.717, 1.165) is 38.4 Å². The zero-order chi connectivity index (χ0) is 13.5. The number of ether oxygens (including phenoxy) is 1. The molecule has 5 heteroatoms. The molecule has 1 amide bonds. The molecule has 2 aliphatic heterocycles. The van der Waals surface area contributed by atoms with E-state index in [-0.39, 0.29) is 17.4 Å². The summed E-state index contributed by atoms with van der Waals surface area (Å²) >= 11 is 5.94. The summed E-state index contributed by atoms with van der Waals surface area (Å²) in [6.07, 6.45) is 3.60. The van der Waals surface area contributed by atoms with Crippen LogP contribution in [-0.2, 0) is 9.53 Å². The van der Waals surface area contributed by atoms with Gasteiger partial charge < -0.3 is 14.1 Å². The van der Waals surface area contributed by atoms with Crippen LogP contribution in [0, 0.1) is 5.41 Å². The van der Waals surface area contributed by atoms with Crippen molar-refractivity contribution in [1.29, 1.82) is 0 Å². The van der Waals surface area contributed by atoms with E-state index in [4.69, 9.17) is 20.8 Å². The van der Waals surface area contributed by atoms with Gasteiger partial charge >= 0.3 is 0 Å². The van der Waals surface area contributed by atoms with Crippen molar-refractivity contribution in [2.75, 3.05) is 19.8 Å². The van der Waals surface area contributed by atoms with E-state index in [1.165, 1.54) is 0 Å². The number of halogens is 1. The third-order valence-corrected chi connectivity index (χ3v) is 4.49. The fourth-order valence-electron chi connectivity index (χ4n) is 3.28. The Morgan fingerprint density at radius 3 is 2.84 bits per heavy atom. The molecule has 1 aromatic heterocycles. The summed E-state index contributed by atoms with van der Waals surface area (Å²) in [5, 5.41) is -0.491. The van der Waals surface area contributed by atoms with Crippen LogP contribution in [0.3, 0.4) is 0 Å². The molecule has 0 aliphatic carbocycles. The molecule has 1 aromatic rings. The van der Waals surface area contributed by atoms with Gasteiger partial charge in [0.25, 0.3) is 0 Å². The Hall–Kier alpha value is -1.00. The molecule has 1 spiro atoms. The van der Waals surface area contributed by atoms with Crippen molar-refractivity contribution in [3.63, 3.8) is 0 Å². The molecular formula is C14H18ClNO3. The maximum Gasteiger partial charge on any atom is 0.241 e. The summed E-state index contributed by atoms with van der Waals surface area (Å²) in [4.78, 5) is 14.0. The maximum atomic E-state index is 12.2. The third-order valence-electron chi connectivity index (χ3n) is 4.30. The van der Waals surface area contributed by atoms with Gasteiger partial charge in [-0.3, -0.25) is 4.79 Å². The largest absolute Gasteiger partial charge is 0.467 e. The molecule has 0 N–H and O–H groups in total. The number of carbonyl (C=O) groups excluding carboxylic acids is 1. The van der Waals surface area contributed by atoms with Crippen LogP contribution in [0.4, 0.5) is 0 Å². The van der Waals surface area contributed by atoms with Crippen molar-refractivity contribution in [3.8, 4) is 0 Å². The highest BCUT2D eigenvalue weighted by atomic mass is 35.5. The zero-order valence-corrected chi connectivity index (χ0v) is 11.7. The van der Waals surface area contributed by atoms with Crippen LogP contribution in [-0.4, -0.2) is 35.9 Å². The number of nitrogens with zero attached hydrogens (tertiary/aromatic N) is 1. The van der Waals surface area contributed by atoms with Gasteiger partial charge in [-0.05, 0) is 31.9 Å². The summed E-state index contributed by atoms with van der Waals surface area (Å²) in [5.41, 5.74) is 0.109. The van der Waals surface area contributed by atoms with Crippen molar-refractivity contribution < 1.29 is 13.9 Å². The van der Waals surface area contributed by atoms with E-state index in [1.54, 1.807) is 13.2 Å². The molecule has 2 fully saturated rings. The van der Waals surface area contributed by atoms with Crippen LogP contribution in [0.15, 0.2) is 22.8 Å². The number of hydrogen-bond acceptors (Lipinski definition) is 3. The molecule has 2 saturated heterocycles. The first-order valence-electron chi connectivity index (χ1n) is 6.70. The average Bonchev–Trinajstić information content (AvgIpc) is 2.89. The van der Waals surface area contributed by atoms with Gasteiger partial charge in [-0.15, -0.1) is 11.6 Å². The highest BCUT2D eigenvalue weighted by Crippen LogP contribution is 2.55. The van der Waals surface area contributed by atoms with Crippen molar-refractivity contribution in [3.05, 3.63) is 24.2 Å². The summed E-state index contributed by atoms with van der Waals surface area (Å²) in [6, 6.07) is 3.83. The average molecular weight is 284 g/mol. The lowest BCUT2D eigenvalue weighted by Gasteiger charge is -2.58. The van der Waals surface area contributed by atoms with Crippen molar-refractivity contribution >= 4 is 17.5 Å². The molecule has 3 heterocycles. The lowest BCUT2D eigenvalue weighted by molar-refractivity contribution is -0.171. The van der Waals surface area contributed by atoms with E-state index in [2.05, 4.69) is 0 Å². The molecule has 4 nitrogen and oxygen atoms in total. The zero-order valence-electron chi connectivity index (χ0n) is 11.0. The lowest BCUT2D eigenvalue weighted by atomic mass is 9.65. The minimum atomic E-state index is -0.491. The predicted octanol–water partition coefficient (Wildman–Crippen LogP) is 2.59. The second-order valence-electron chi connectivity index (χ2n) is 5.47. The molecular weight excluding hydrogens is 266 g/mol. The van der Waals surface area contributed by atoms with Gasteiger partial charge in [0.15, 0.2) is 0 Å². The Balaban J connectivity index is 1.87. The fourth-order valence-corrected chi connectivity index (χ4v) is 3.41. The number of rotatable bonds is 2. The minimum absolute atomic E-state index is 0.0137. The number of furan rings is 1. The number of carbonyl (C=O) groups is 1. The number of amides is 1. The number of likely N-dealkylation sites (tertiary alicyclic amines) is 1. The first-order valence-corrected chi connectivity index (χ1v) is 7.13. The first kappa shape index (κ1) is 13.0. The molecule has 3 rings (SSSR count). The van der Waals surface area contributed by atoms with Gasteiger partial charge in [-0.25, -0.2) is 0 Å². The van der Waals surface area contributed by atoms with E-state index in [1.807, 2.05) is 17.0 Å². The highest BCUT2D eigenvalue weighted by Gasteiger charge is 2.56. The summed E-state index contributed by atoms with van der Waals surface area (Å²) in [5.74, 6) is 0.846. The van der Waals surface area contributed by atoms with Gasteiger partial charge in [0.2, 0.25) is 5.91 Å². The fraction of sp³-hybridized carbons (Fsp3) is 0.643. The Morgan fingerprint density at radius 2 is 2.26 bits per heavy atom. The number of alkyl halides is 1. The van der Waals surface area contributed by atoms with Gasteiger partial charge in [0, 0.05) is 25.2 Å². The van der Waals surface area contributed by atoms with Crippen LogP contribution < -0.4 is 0 Å². The topological polar surface area (TPSA) is 42.7 Å².